The summed E-state index contributed by atoms with van der Waals surface area (Å²) < 4.78 is 23.4. The van der Waals surface area contributed by atoms with Crippen LogP contribution in [-0.2, 0) is 16.3 Å². The fourth-order valence-corrected chi connectivity index (χ4v) is 4.52. The molecule has 0 saturated heterocycles. The van der Waals surface area contributed by atoms with Crippen molar-refractivity contribution in [2.24, 2.45) is 11.7 Å². The molecule has 1 aromatic rings. The van der Waals surface area contributed by atoms with Gasteiger partial charge in [-0.1, -0.05) is 43.4 Å². The molecule has 1 aliphatic rings. The Morgan fingerprint density at radius 1 is 1.33 bits per heavy atom. The molecule has 1 saturated carbocycles. The van der Waals surface area contributed by atoms with Crippen molar-refractivity contribution >= 4 is 27.0 Å². The summed E-state index contributed by atoms with van der Waals surface area (Å²) in [6.45, 7) is 2.09. The van der Waals surface area contributed by atoms with Gasteiger partial charge in [0.1, 0.15) is 0 Å². The van der Waals surface area contributed by atoms with E-state index in [-0.39, 0.29) is 11.8 Å². The van der Waals surface area contributed by atoms with Crippen LogP contribution in [0.2, 0.25) is 0 Å². The molecule has 0 spiro atoms. The molecule has 3 nitrogen and oxygen atoms in total. The molecule has 3 atom stereocenters. The monoisotopic (exact) mass is 283 g/mol. The number of hydrogen-bond acceptors (Lipinski definition) is 3. The maximum Gasteiger partial charge on any atom is 0.151 e. The van der Waals surface area contributed by atoms with Gasteiger partial charge in [0, 0.05) is 18.1 Å². The first-order valence-electron chi connectivity index (χ1n) is 5.93. The maximum atomic E-state index is 11.7. The smallest absolute Gasteiger partial charge is 0.151 e. The molecular weight excluding hydrogens is 266 g/mol. The Labute approximate surface area is 113 Å². The quantitative estimate of drug-likeness (QED) is 0.854. The van der Waals surface area contributed by atoms with Gasteiger partial charge in [0.2, 0.25) is 0 Å². The van der Waals surface area contributed by atoms with Gasteiger partial charge in [-0.05, 0) is 17.5 Å². The van der Waals surface area contributed by atoms with Crippen LogP contribution in [0.25, 0.3) is 0 Å². The van der Waals surface area contributed by atoms with Gasteiger partial charge in [-0.2, -0.15) is 0 Å². The van der Waals surface area contributed by atoms with Crippen LogP contribution in [-0.4, -0.2) is 24.9 Å². The second-order valence-corrected chi connectivity index (χ2v) is 7.52. The third kappa shape index (κ3) is 2.42. The van der Waals surface area contributed by atoms with Crippen LogP contribution in [0.4, 0.5) is 0 Å². The number of hydrogen-bond donors (Lipinski definition) is 1. The van der Waals surface area contributed by atoms with Gasteiger partial charge in [0.05, 0.1) is 10.2 Å². The van der Waals surface area contributed by atoms with Crippen molar-refractivity contribution in [2.75, 3.05) is 6.26 Å². The lowest BCUT2D eigenvalue weighted by Gasteiger charge is -2.01. The largest absolute Gasteiger partial charge is 0.393 e. The lowest BCUT2D eigenvalue weighted by atomic mass is 10.1. The highest BCUT2D eigenvalue weighted by Crippen LogP contribution is 2.52. The van der Waals surface area contributed by atoms with Gasteiger partial charge in [-0.25, -0.2) is 8.42 Å². The van der Waals surface area contributed by atoms with E-state index in [1.165, 1.54) is 11.8 Å². The van der Waals surface area contributed by atoms with Crippen molar-refractivity contribution in [3.05, 3.63) is 35.4 Å². The SMILES string of the molecule is CCc1ccc([C@H]2[C@@H](C(N)=S)[C@@H]2S(C)(=O)=O)cc1. The molecule has 0 amide bonds. The van der Waals surface area contributed by atoms with Gasteiger partial charge in [-0.3, -0.25) is 0 Å². The average molecular weight is 283 g/mol. The standard InChI is InChI=1S/C13H17NO2S2/c1-3-8-4-6-9(7-5-8)10-11(13(14)17)12(10)18(2,15)16/h4-7,10-12H,3H2,1-2H3,(H2,14,17)/t10-,11+,12+/m0/s1. The molecular formula is C13H17NO2S2. The zero-order valence-corrected chi connectivity index (χ0v) is 12.1. The number of rotatable bonds is 4. The number of sulfone groups is 1. The minimum Gasteiger partial charge on any atom is -0.393 e. The summed E-state index contributed by atoms with van der Waals surface area (Å²) in [7, 11) is -3.10. The van der Waals surface area contributed by atoms with Crippen molar-refractivity contribution < 1.29 is 8.42 Å². The number of thiocarbonyl (C=S) groups is 1. The zero-order chi connectivity index (χ0) is 13.5. The Morgan fingerprint density at radius 2 is 1.89 bits per heavy atom. The van der Waals surface area contributed by atoms with E-state index < -0.39 is 15.1 Å². The lowest BCUT2D eigenvalue weighted by Crippen LogP contribution is -2.16. The first-order chi connectivity index (χ1) is 8.36. The maximum absolute atomic E-state index is 11.7. The molecule has 2 N–H and O–H groups in total. The topological polar surface area (TPSA) is 60.2 Å². The summed E-state index contributed by atoms with van der Waals surface area (Å²) in [5.41, 5.74) is 7.89. The second kappa shape index (κ2) is 4.63. The van der Waals surface area contributed by atoms with Crippen LogP contribution in [0.1, 0.15) is 24.0 Å². The zero-order valence-electron chi connectivity index (χ0n) is 10.5. The highest BCUT2D eigenvalue weighted by molar-refractivity contribution is 7.91. The summed E-state index contributed by atoms with van der Waals surface area (Å²) in [6.07, 6.45) is 2.22. The van der Waals surface area contributed by atoms with Gasteiger partial charge < -0.3 is 5.73 Å². The van der Waals surface area contributed by atoms with Crippen molar-refractivity contribution in [3.8, 4) is 0 Å². The van der Waals surface area contributed by atoms with Crippen LogP contribution < -0.4 is 5.73 Å². The van der Waals surface area contributed by atoms with E-state index in [0.717, 1.165) is 12.0 Å². The fourth-order valence-electron chi connectivity index (χ4n) is 2.53. The predicted molar refractivity (Wildman–Crippen MR) is 77.5 cm³/mol. The summed E-state index contributed by atoms with van der Waals surface area (Å²) in [5.74, 6) is -0.272. The van der Waals surface area contributed by atoms with Crippen LogP contribution in [0, 0.1) is 5.92 Å². The average Bonchev–Trinajstić information content (AvgIpc) is 3.04. The molecule has 0 bridgehead atoms. The van der Waals surface area contributed by atoms with E-state index in [9.17, 15) is 8.42 Å². The molecule has 18 heavy (non-hydrogen) atoms. The highest BCUT2D eigenvalue weighted by Gasteiger charge is 2.58. The Bertz CT molecular complexity index is 563. The molecule has 0 radical (unpaired) electrons. The third-order valence-electron chi connectivity index (χ3n) is 3.55. The van der Waals surface area contributed by atoms with Crippen LogP contribution >= 0.6 is 12.2 Å². The molecule has 98 valence electrons. The van der Waals surface area contributed by atoms with E-state index in [1.807, 2.05) is 24.3 Å². The van der Waals surface area contributed by atoms with Crippen LogP contribution in [0.15, 0.2) is 24.3 Å². The first kappa shape index (κ1) is 13.5. The highest BCUT2D eigenvalue weighted by atomic mass is 32.2. The number of benzene rings is 1. The Balaban J connectivity index is 2.30. The lowest BCUT2D eigenvalue weighted by molar-refractivity contribution is 0.599. The van der Waals surface area contributed by atoms with Crippen molar-refractivity contribution in [1.82, 2.24) is 0 Å². The van der Waals surface area contributed by atoms with E-state index >= 15 is 0 Å². The second-order valence-electron chi connectivity index (χ2n) is 4.84. The number of aryl methyl sites for hydroxylation is 1. The molecule has 1 aliphatic carbocycles. The van der Waals surface area contributed by atoms with Crippen LogP contribution in [0.3, 0.4) is 0 Å². The summed E-state index contributed by atoms with van der Waals surface area (Å²) in [4.78, 5) is 0.301. The molecule has 2 rings (SSSR count). The fraction of sp³-hybridized carbons (Fsp3) is 0.462. The van der Waals surface area contributed by atoms with Crippen molar-refractivity contribution in [1.29, 1.82) is 0 Å². The van der Waals surface area contributed by atoms with E-state index in [4.69, 9.17) is 18.0 Å². The van der Waals surface area contributed by atoms with Gasteiger partial charge in [0.15, 0.2) is 9.84 Å². The van der Waals surface area contributed by atoms with E-state index in [2.05, 4.69) is 6.92 Å². The molecule has 0 unspecified atom stereocenters. The normalized spacial score (nSPS) is 26.9. The minimum atomic E-state index is -3.10. The third-order valence-corrected chi connectivity index (χ3v) is 5.40. The van der Waals surface area contributed by atoms with E-state index in [1.54, 1.807) is 0 Å². The van der Waals surface area contributed by atoms with Gasteiger partial charge in [0.25, 0.3) is 0 Å². The first-order valence-corrected chi connectivity index (χ1v) is 8.29. The van der Waals surface area contributed by atoms with Gasteiger partial charge >= 0.3 is 0 Å². The summed E-state index contributed by atoms with van der Waals surface area (Å²) in [6, 6.07) is 8.03. The Kier molecular flexibility index (Phi) is 3.47. The predicted octanol–water partition coefficient (Wildman–Crippen LogP) is 1.66. The Hall–Kier alpha value is -0.940. The summed E-state index contributed by atoms with van der Waals surface area (Å²) in [5, 5.41) is -0.442. The van der Waals surface area contributed by atoms with Crippen molar-refractivity contribution in [2.45, 2.75) is 24.5 Å². The molecule has 1 aromatic carbocycles. The Morgan fingerprint density at radius 3 is 2.22 bits per heavy atom. The molecule has 0 aliphatic heterocycles. The molecule has 0 aromatic heterocycles. The molecule has 5 heteroatoms. The van der Waals surface area contributed by atoms with Gasteiger partial charge in [-0.15, -0.1) is 0 Å². The minimum absolute atomic E-state index is 0.0663. The number of nitrogens with two attached hydrogens (primary N) is 1. The van der Waals surface area contributed by atoms with Crippen molar-refractivity contribution in [3.63, 3.8) is 0 Å². The van der Waals surface area contributed by atoms with E-state index in [0.29, 0.717) is 4.99 Å². The summed E-state index contributed by atoms with van der Waals surface area (Å²) >= 11 is 4.97. The van der Waals surface area contributed by atoms with Crippen LogP contribution in [0.5, 0.6) is 0 Å². The molecule has 0 heterocycles. The molecule has 1 fully saturated rings.